The lowest BCUT2D eigenvalue weighted by Crippen LogP contribution is -2.38. The van der Waals surface area contributed by atoms with Gasteiger partial charge in [0, 0.05) is 13.2 Å². The van der Waals surface area contributed by atoms with Crippen LogP contribution in [0.4, 0.5) is 0 Å². The Balaban J connectivity index is 2.01. The monoisotopic (exact) mass is 338 g/mol. The Morgan fingerprint density at radius 3 is 2.65 bits per heavy atom. The van der Waals surface area contributed by atoms with Crippen molar-refractivity contribution in [1.82, 2.24) is 19.8 Å². The molecule has 23 heavy (non-hydrogen) atoms. The summed E-state index contributed by atoms with van der Waals surface area (Å²) in [5.74, 6) is -0.225. The second kappa shape index (κ2) is 6.88. The van der Waals surface area contributed by atoms with Gasteiger partial charge in [-0.2, -0.15) is 4.31 Å². The van der Waals surface area contributed by atoms with E-state index in [0.29, 0.717) is 5.69 Å². The minimum Gasteiger partial charge on any atom is -0.360 e. The zero-order valence-electron chi connectivity index (χ0n) is 13.1. The Morgan fingerprint density at radius 2 is 2.09 bits per heavy atom. The van der Waals surface area contributed by atoms with Crippen molar-refractivity contribution in [2.24, 2.45) is 0 Å². The van der Waals surface area contributed by atoms with Crippen molar-refractivity contribution < 1.29 is 17.7 Å². The minimum absolute atomic E-state index is 0.00229. The number of amides is 1. The molecule has 0 spiro atoms. The van der Waals surface area contributed by atoms with Crippen molar-refractivity contribution in [3.8, 4) is 0 Å². The van der Waals surface area contributed by atoms with Gasteiger partial charge in [-0.15, -0.1) is 0 Å². The Kier molecular flexibility index (Phi) is 5.12. The molecule has 2 aromatic heterocycles. The summed E-state index contributed by atoms with van der Waals surface area (Å²) in [4.78, 5) is 16.0. The van der Waals surface area contributed by atoms with Gasteiger partial charge in [0.1, 0.15) is 10.6 Å². The van der Waals surface area contributed by atoms with Crippen molar-refractivity contribution in [3.63, 3.8) is 0 Å². The van der Waals surface area contributed by atoms with Crippen molar-refractivity contribution in [3.05, 3.63) is 41.5 Å². The van der Waals surface area contributed by atoms with E-state index in [2.05, 4.69) is 15.5 Å². The molecule has 0 unspecified atom stereocenters. The van der Waals surface area contributed by atoms with Crippen LogP contribution in [0.2, 0.25) is 0 Å². The van der Waals surface area contributed by atoms with Crippen molar-refractivity contribution in [1.29, 1.82) is 0 Å². The van der Waals surface area contributed by atoms with Gasteiger partial charge in [0.25, 0.3) is 0 Å². The molecule has 0 atom stereocenters. The van der Waals surface area contributed by atoms with E-state index >= 15 is 0 Å². The van der Waals surface area contributed by atoms with Gasteiger partial charge in [0.2, 0.25) is 15.9 Å². The molecule has 0 bridgehead atoms. The summed E-state index contributed by atoms with van der Waals surface area (Å²) in [5.41, 5.74) is 0.959. The van der Waals surface area contributed by atoms with E-state index in [9.17, 15) is 13.2 Å². The molecule has 8 nitrogen and oxygen atoms in total. The number of hydrogen-bond acceptors (Lipinski definition) is 6. The third-order valence-electron chi connectivity index (χ3n) is 3.20. The second-order valence-electron chi connectivity index (χ2n) is 5.01. The summed E-state index contributed by atoms with van der Waals surface area (Å²) < 4.78 is 30.8. The number of rotatable bonds is 6. The van der Waals surface area contributed by atoms with E-state index in [-0.39, 0.29) is 29.4 Å². The molecule has 0 aliphatic heterocycles. The average Bonchev–Trinajstić information content (AvgIpc) is 2.85. The third kappa shape index (κ3) is 3.93. The Labute approximate surface area is 134 Å². The van der Waals surface area contributed by atoms with E-state index in [1.54, 1.807) is 25.3 Å². The van der Waals surface area contributed by atoms with Gasteiger partial charge in [-0.25, -0.2) is 8.42 Å². The van der Waals surface area contributed by atoms with Crippen LogP contribution in [-0.4, -0.2) is 42.4 Å². The molecule has 2 aromatic rings. The van der Waals surface area contributed by atoms with Crippen molar-refractivity contribution >= 4 is 15.9 Å². The molecule has 2 heterocycles. The number of carbonyl (C=O) groups is 1. The van der Waals surface area contributed by atoms with E-state index in [1.807, 2.05) is 6.07 Å². The SMILES string of the molecule is Cc1noc(C)c1S(=O)(=O)N(C)CC(=O)NCc1ccccn1. The van der Waals surface area contributed by atoms with E-state index in [0.717, 1.165) is 4.31 Å². The molecule has 0 aliphatic carbocycles. The molecule has 0 aromatic carbocycles. The maximum absolute atomic E-state index is 12.5. The van der Waals surface area contributed by atoms with Gasteiger partial charge in [-0.1, -0.05) is 11.2 Å². The Bertz CT molecular complexity index is 767. The van der Waals surface area contributed by atoms with E-state index in [1.165, 1.54) is 14.0 Å². The number of pyridine rings is 1. The van der Waals surface area contributed by atoms with Gasteiger partial charge in [0.15, 0.2) is 5.76 Å². The fourth-order valence-corrected chi connectivity index (χ4v) is 3.44. The highest BCUT2D eigenvalue weighted by Gasteiger charge is 2.29. The Hall–Kier alpha value is -2.26. The molecule has 0 saturated heterocycles. The van der Waals surface area contributed by atoms with Gasteiger partial charge in [-0.05, 0) is 26.0 Å². The second-order valence-corrected chi connectivity index (χ2v) is 6.99. The van der Waals surface area contributed by atoms with E-state index < -0.39 is 15.9 Å². The lowest BCUT2D eigenvalue weighted by Gasteiger charge is -2.16. The summed E-state index contributed by atoms with van der Waals surface area (Å²) in [7, 11) is -2.50. The molecule has 9 heteroatoms. The highest BCUT2D eigenvalue weighted by atomic mass is 32.2. The fraction of sp³-hybridized carbons (Fsp3) is 0.357. The Morgan fingerprint density at radius 1 is 1.35 bits per heavy atom. The fourth-order valence-electron chi connectivity index (χ4n) is 2.03. The third-order valence-corrected chi connectivity index (χ3v) is 5.24. The van der Waals surface area contributed by atoms with Crippen LogP contribution < -0.4 is 5.32 Å². The highest BCUT2D eigenvalue weighted by Crippen LogP contribution is 2.21. The molecular formula is C14H18N4O4S. The summed E-state index contributed by atoms with van der Waals surface area (Å²) in [6.07, 6.45) is 1.62. The normalized spacial score (nSPS) is 11.7. The first-order chi connectivity index (χ1) is 10.8. The highest BCUT2D eigenvalue weighted by molar-refractivity contribution is 7.89. The number of carbonyl (C=O) groups excluding carboxylic acids is 1. The summed E-state index contributed by atoms with van der Waals surface area (Å²) in [5, 5.41) is 6.26. The predicted molar refractivity (Wildman–Crippen MR) is 81.9 cm³/mol. The first-order valence-corrected chi connectivity index (χ1v) is 8.32. The molecule has 1 N–H and O–H groups in total. The van der Waals surface area contributed by atoms with Crippen LogP contribution in [-0.2, 0) is 21.4 Å². The first-order valence-electron chi connectivity index (χ1n) is 6.88. The molecule has 0 saturated carbocycles. The number of aromatic nitrogens is 2. The molecule has 0 aliphatic rings. The molecule has 2 rings (SSSR count). The predicted octanol–water partition coefficient (Wildman–Crippen LogP) is 0.623. The van der Waals surface area contributed by atoms with Crippen molar-refractivity contribution in [2.75, 3.05) is 13.6 Å². The van der Waals surface area contributed by atoms with Crippen LogP contribution in [0.5, 0.6) is 0 Å². The van der Waals surface area contributed by atoms with Gasteiger partial charge < -0.3 is 9.84 Å². The topological polar surface area (TPSA) is 105 Å². The maximum atomic E-state index is 12.5. The van der Waals surface area contributed by atoms with Crippen LogP contribution in [0.1, 0.15) is 17.1 Å². The molecule has 124 valence electrons. The minimum atomic E-state index is -3.83. The van der Waals surface area contributed by atoms with Crippen LogP contribution >= 0.6 is 0 Å². The average molecular weight is 338 g/mol. The van der Waals surface area contributed by atoms with Crippen LogP contribution in [0.15, 0.2) is 33.8 Å². The number of likely N-dealkylation sites (N-methyl/N-ethyl adjacent to an activating group) is 1. The number of aryl methyl sites for hydroxylation is 2. The zero-order chi connectivity index (χ0) is 17.0. The lowest BCUT2D eigenvalue weighted by molar-refractivity contribution is -0.121. The van der Waals surface area contributed by atoms with Gasteiger partial charge >= 0.3 is 0 Å². The largest absolute Gasteiger partial charge is 0.360 e. The summed E-state index contributed by atoms with van der Waals surface area (Å²) in [6.45, 7) is 2.98. The molecular weight excluding hydrogens is 320 g/mol. The number of nitrogens with one attached hydrogen (secondary N) is 1. The van der Waals surface area contributed by atoms with Crippen LogP contribution in [0.3, 0.4) is 0 Å². The summed E-state index contributed by atoms with van der Waals surface area (Å²) in [6, 6.07) is 5.35. The number of nitrogens with zero attached hydrogens (tertiary/aromatic N) is 3. The lowest BCUT2D eigenvalue weighted by atomic mass is 10.3. The summed E-state index contributed by atoms with van der Waals surface area (Å²) >= 11 is 0. The smallest absolute Gasteiger partial charge is 0.248 e. The van der Waals surface area contributed by atoms with Gasteiger partial charge in [-0.3, -0.25) is 9.78 Å². The molecule has 0 fully saturated rings. The first kappa shape index (κ1) is 17.1. The number of sulfonamides is 1. The number of hydrogen-bond donors (Lipinski definition) is 1. The molecule has 1 amide bonds. The van der Waals surface area contributed by atoms with Crippen LogP contribution in [0.25, 0.3) is 0 Å². The quantitative estimate of drug-likeness (QED) is 0.828. The molecule has 0 radical (unpaired) electrons. The standard InChI is InChI=1S/C14H18N4O4S/c1-10-14(11(2)22-17-10)23(20,21)18(3)9-13(19)16-8-12-6-4-5-7-15-12/h4-7H,8-9H2,1-3H3,(H,16,19). The van der Waals surface area contributed by atoms with Crippen molar-refractivity contribution in [2.45, 2.75) is 25.3 Å². The maximum Gasteiger partial charge on any atom is 0.248 e. The van der Waals surface area contributed by atoms with Crippen LogP contribution in [0, 0.1) is 13.8 Å². The van der Waals surface area contributed by atoms with Gasteiger partial charge in [0.05, 0.1) is 18.8 Å². The zero-order valence-corrected chi connectivity index (χ0v) is 13.9. The van der Waals surface area contributed by atoms with E-state index in [4.69, 9.17) is 4.52 Å².